The third-order valence-electron chi connectivity index (χ3n) is 3.54. The van der Waals surface area contributed by atoms with Crippen molar-refractivity contribution in [3.63, 3.8) is 0 Å². The van der Waals surface area contributed by atoms with Gasteiger partial charge in [0.05, 0.1) is 6.61 Å². The summed E-state index contributed by atoms with van der Waals surface area (Å²) in [7, 11) is 0. The number of ether oxygens (including phenoxy) is 1. The van der Waals surface area contributed by atoms with Gasteiger partial charge in [0.2, 0.25) is 0 Å². The smallest absolute Gasteiger partial charge is 0.137 e. The molecule has 23 heavy (non-hydrogen) atoms. The molecule has 2 rings (SSSR count). The second-order valence-electron chi connectivity index (χ2n) is 5.51. The van der Waals surface area contributed by atoms with E-state index in [1.54, 1.807) is 0 Å². The molecule has 0 aliphatic carbocycles. The third kappa shape index (κ3) is 6.71. The summed E-state index contributed by atoms with van der Waals surface area (Å²) < 4.78 is 6.60. The zero-order valence-electron chi connectivity index (χ0n) is 13.0. The molecule has 0 radical (unpaired) electrons. The Morgan fingerprint density at radius 3 is 2.39 bits per heavy atom. The van der Waals surface area contributed by atoms with Crippen LogP contribution in [0.1, 0.15) is 5.56 Å². The molecule has 0 aliphatic heterocycles. The maximum absolute atomic E-state index is 10.2. The van der Waals surface area contributed by atoms with Crippen LogP contribution in [-0.2, 0) is 6.54 Å². The molecule has 0 spiro atoms. The van der Waals surface area contributed by atoms with Crippen LogP contribution in [0.3, 0.4) is 0 Å². The van der Waals surface area contributed by atoms with Gasteiger partial charge in [-0.05, 0) is 24.3 Å². The van der Waals surface area contributed by atoms with E-state index in [9.17, 15) is 10.2 Å². The van der Waals surface area contributed by atoms with Crippen LogP contribution in [-0.4, -0.2) is 42.6 Å². The Kier molecular flexibility index (Phi) is 7.55. The zero-order chi connectivity index (χ0) is 16.5. The minimum absolute atomic E-state index is 0.0997. The Labute approximate surface area is 145 Å². The molecule has 0 fully saturated rings. The van der Waals surface area contributed by atoms with E-state index in [-0.39, 0.29) is 13.2 Å². The largest absolute Gasteiger partial charge is 0.491 e. The zero-order valence-corrected chi connectivity index (χ0v) is 14.6. The number of aliphatic hydroxyl groups is 2. The Balaban J connectivity index is 1.82. The fourth-order valence-corrected chi connectivity index (χ4v) is 2.68. The second kappa shape index (κ2) is 9.67. The van der Waals surface area contributed by atoms with E-state index in [1.165, 1.54) is 5.56 Å². The summed E-state index contributed by atoms with van der Waals surface area (Å²) in [5.41, 5.74) is 1.19. The van der Waals surface area contributed by atoms with E-state index in [1.807, 2.05) is 42.5 Å². The quantitative estimate of drug-likeness (QED) is 0.613. The van der Waals surface area contributed by atoms with E-state index >= 15 is 0 Å². The maximum atomic E-state index is 10.2. The third-order valence-corrected chi connectivity index (χ3v) is 4.07. The lowest BCUT2D eigenvalue weighted by atomic mass is 10.2. The maximum Gasteiger partial charge on any atom is 0.137 e. The van der Waals surface area contributed by atoms with Gasteiger partial charge < -0.3 is 19.8 Å². The molecule has 4 nitrogen and oxygen atoms in total. The lowest BCUT2D eigenvalue weighted by Crippen LogP contribution is -3.12. The summed E-state index contributed by atoms with van der Waals surface area (Å²) in [6, 6.07) is 17.6. The Morgan fingerprint density at radius 1 is 1.04 bits per heavy atom. The van der Waals surface area contributed by atoms with Gasteiger partial charge in [-0.1, -0.05) is 46.3 Å². The number of quaternary nitrogens is 1. The Hall–Kier alpha value is -1.40. The summed E-state index contributed by atoms with van der Waals surface area (Å²) in [6.07, 6.45) is -0.580. The van der Waals surface area contributed by atoms with Crippen LogP contribution in [0.4, 0.5) is 0 Å². The van der Waals surface area contributed by atoms with Crippen LogP contribution in [0.2, 0.25) is 0 Å². The van der Waals surface area contributed by atoms with Gasteiger partial charge in [-0.15, -0.1) is 0 Å². The van der Waals surface area contributed by atoms with Crippen LogP contribution >= 0.6 is 15.9 Å². The SMILES string of the molecule is OCC[NH+](Cc1ccccc1)C[C@H](O)COc1ccc(Br)cc1. The van der Waals surface area contributed by atoms with Gasteiger partial charge in [0.1, 0.15) is 38.1 Å². The molecule has 0 saturated carbocycles. The first-order chi connectivity index (χ1) is 11.2. The van der Waals surface area contributed by atoms with E-state index in [0.29, 0.717) is 13.1 Å². The minimum atomic E-state index is -0.580. The lowest BCUT2D eigenvalue weighted by molar-refractivity contribution is -0.917. The van der Waals surface area contributed by atoms with Crippen molar-refractivity contribution in [2.24, 2.45) is 0 Å². The molecule has 5 heteroatoms. The van der Waals surface area contributed by atoms with Crippen molar-refractivity contribution >= 4 is 15.9 Å². The number of rotatable bonds is 9. The monoisotopic (exact) mass is 380 g/mol. The van der Waals surface area contributed by atoms with Gasteiger partial charge >= 0.3 is 0 Å². The number of hydrogen-bond acceptors (Lipinski definition) is 3. The molecule has 1 unspecified atom stereocenters. The van der Waals surface area contributed by atoms with Crippen molar-refractivity contribution in [1.82, 2.24) is 0 Å². The first-order valence-corrected chi connectivity index (χ1v) is 8.51. The highest BCUT2D eigenvalue weighted by atomic mass is 79.9. The van der Waals surface area contributed by atoms with Crippen LogP contribution in [0.15, 0.2) is 59.1 Å². The second-order valence-corrected chi connectivity index (χ2v) is 6.42. The molecule has 2 aromatic rings. The van der Waals surface area contributed by atoms with E-state index in [0.717, 1.165) is 21.7 Å². The molecule has 2 atom stereocenters. The van der Waals surface area contributed by atoms with Gasteiger partial charge in [-0.2, -0.15) is 0 Å². The van der Waals surface area contributed by atoms with Crippen LogP contribution in [0.5, 0.6) is 5.75 Å². The highest BCUT2D eigenvalue weighted by molar-refractivity contribution is 9.10. The van der Waals surface area contributed by atoms with Crippen molar-refractivity contribution < 1.29 is 19.8 Å². The highest BCUT2D eigenvalue weighted by Crippen LogP contribution is 2.16. The molecular weight excluding hydrogens is 358 g/mol. The van der Waals surface area contributed by atoms with Gasteiger partial charge in [-0.3, -0.25) is 0 Å². The van der Waals surface area contributed by atoms with E-state index in [4.69, 9.17) is 4.74 Å². The predicted molar refractivity (Wildman–Crippen MR) is 93.6 cm³/mol. The fraction of sp³-hybridized carbons (Fsp3) is 0.333. The number of aliphatic hydroxyl groups excluding tert-OH is 2. The van der Waals surface area contributed by atoms with Crippen molar-refractivity contribution in [3.8, 4) is 5.75 Å². The van der Waals surface area contributed by atoms with Crippen molar-refractivity contribution in [2.75, 3.05) is 26.3 Å². The summed E-state index contributed by atoms with van der Waals surface area (Å²) in [4.78, 5) is 1.13. The molecular formula is C18H23BrNO3+. The van der Waals surface area contributed by atoms with Crippen molar-refractivity contribution in [3.05, 3.63) is 64.6 Å². The van der Waals surface area contributed by atoms with Gasteiger partial charge in [0.25, 0.3) is 0 Å². The fourth-order valence-electron chi connectivity index (χ4n) is 2.42. The van der Waals surface area contributed by atoms with E-state index < -0.39 is 6.10 Å². The number of halogens is 1. The molecule has 3 N–H and O–H groups in total. The van der Waals surface area contributed by atoms with Crippen LogP contribution < -0.4 is 9.64 Å². The topological polar surface area (TPSA) is 54.1 Å². The summed E-state index contributed by atoms with van der Waals surface area (Å²) >= 11 is 3.38. The standard InChI is InChI=1S/C18H22BrNO3/c19-16-6-8-18(9-7-16)23-14-17(22)13-20(10-11-21)12-15-4-2-1-3-5-15/h1-9,17,21-22H,10-14H2/p+1/t17-/m0/s1. The number of benzene rings is 2. The Morgan fingerprint density at radius 2 is 1.74 bits per heavy atom. The van der Waals surface area contributed by atoms with Gasteiger partial charge in [0.15, 0.2) is 0 Å². The van der Waals surface area contributed by atoms with Gasteiger partial charge in [0, 0.05) is 10.0 Å². The Bertz CT molecular complexity index is 562. The lowest BCUT2D eigenvalue weighted by Gasteiger charge is -2.22. The first-order valence-electron chi connectivity index (χ1n) is 7.72. The predicted octanol–water partition coefficient (Wildman–Crippen LogP) is 1.27. The van der Waals surface area contributed by atoms with Crippen molar-refractivity contribution in [1.29, 1.82) is 0 Å². The normalized spacial score (nSPS) is 13.5. The molecule has 0 aliphatic rings. The molecule has 0 amide bonds. The summed E-state index contributed by atoms with van der Waals surface area (Å²) in [5.74, 6) is 0.735. The van der Waals surface area contributed by atoms with Crippen LogP contribution in [0, 0.1) is 0 Å². The number of hydrogen-bond donors (Lipinski definition) is 3. The average Bonchev–Trinajstić information content (AvgIpc) is 2.55. The summed E-state index contributed by atoms with van der Waals surface area (Å²) in [6.45, 7) is 2.25. The van der Waals surface area contributed by atoms with E-state index in [2.05, 4.69) is 28.1 Å². The van der Waals surface area contributed by atoms with Gasteiger partial charge in [-0.25, -0.2) is 0 Å². The number of nitrogens with one attached hydrogen (secondary N) is 1. The highest BCUT2D eigenvalue weighted by Gasteiger charge is 2.16. The molecule has 0 saturated heterocycles. The van der Waals surface area contributed by atoms with Crippen molar-refractivity contribution in [2.45, 2.75) is 12.6 Å². The molecule has 0 aromatic heterocycles. The minimum Gasteiger partial charge on any atom is -0.491 e. The molecule has 0 bridgehead atoms. The molecule has 0 heterocycles. The molecule has 2 aromatic carbocycles. The first kappa shape index (κ1) is 17.9. The average molecular weight is 381 g/mol. The molecule has 124 valence electrons. The summed E-state index contributed by atoms with van der Waals surface area (Å²) in [5, 5.41) is 19.4. The van der Waals surface area contributed by atoms with Crippen LogP contribution in [0.25, 0.3) is 0 Å².